The summed E-state index contributed by atoms with van der Waals surface area (Å²) in [5, 5.41) is 62.3. The van der Waals surface area contributed by atoms with Crippen molar-refractivity contribution in [3.8, 4) is 0 Å². The van der Waals surface area contributed by atoms with Crippen LogP contribution in [0.25, 0.3) is 0 Å². The third-order valence-electron chi connectivity index (χ3n) is 10.6. The second kappa shape index (κ2) is 27.2. The lowest BCUT2D eigenvalue weighted by atomic mass is 9.97. The normalized spacial score (nSPS) is 30.2. The highest BCUT2D eigenvalue weighted by molar-refractivity contribution is 5.72. The largest absolute Gasteiger partial charge is 0.481 e. The molecule has 0 amide bonds. The van der Waals surface area contributed by atoms with Gasteiger partial charge in [-0.25, -0.2) is 0 Å². The zero-order valence-electron chi connectivity index (χ0n) is 33.0. The highest BCUT2D eigenvalue weighted by Gasteiger charge is 2.50. The molecular weight excluding hydrogens is 688 g/mol. The molecule has 0 saturated carbocycles. The number of rotatable bonds is 29. The summed E-state index contributed by atoms with van der Waals surface area (Å²) in [6.07, 6.45) is 5.19. The number of carbonyl (C=O) groups excluding carboxylic acids is 1. The van der Waals surface area contributed by atoms with Crippen LogP contribution in [0.2, 0.25) is 0 Å². The molecule has 2 aliphatic rings. The van der Waals surface area contributed by atoms with Gasteiger partial charge in [-0.05, 0) is 33.1 Å². The predicted octanol–water partition coefficient (Wildman–Crippen LogP) is 5.67. The maximum absolute atomic E-state index is 13.4. The summed E-state index contributed by atoms with van der Waals surface area (Å²) in [4.78, 5) is 25.0. The Hall–Kier alpha value is -1.42. The van der Waals surface area contributed by atoms with Gasteiger partial charge in [0.05, 0.1) is 31.2 Å². The molecule has 2 fully saturated rings. The van der Waals surface area contributed by atoms with Gasteiger partial charge in [-0.1, -0.05) is 123 Å². The van der Waals surface area contributed by atoms with E-state index in [0.717, 1.165) is 51.4 Å². The Morgan fingerprint density at radius 2 is 0.981 bits per heavy atom. The van der Waals surface area contributed by atoms with Gasteiger partial charge in [-0.2, -0.15) is 0 Å². The standard InChI is InChI=1S/C40H74O13/c1-5-7-9-11-13-15-17-19-21-23-29(25-31(41)42)51-32(43)26-30(24-22-20-18-16-14-12-10-8-6-2)52-40-38(36(47)34(45)28(4)50-40)53-39-37(48)35(46)33(44)27(3)49-39/h27-30,33-40,44-48H,5-26H2,1-4H3,(H,41,42)/t27-,28-,29?,30?,33-,34-,35+,36+,37+,38+,39-,40-/m0/s1. The lowest BCUT2D eigenvalue weighted by molar-refractivity contribution is -0.366. The summed E-state index contributed by atoms with van der Waals surface area (Å²) in [5.74, 6) is -1.65. The Balaban J connectivity index is 2.08. The van der Waals surface area contributed by atoms with Crippen LogP contribution in [0.4, 0.5) is 0 Å². The number of unbranched alkanes of at least 4 members (excludes halogenated alkanes) is 16. The minimum absolute atomic E-state index is 0.199. The van der Waals surface area contributed by atoms with Gasteiger partial charge in [0.25, 0.3) is 0 Å². The van der Waals surface area contributed by atoms with Gasteiger partial charge in [0.1, 0.15) is 42.7 Å². The number of carboxylic acid groups (broad SMARTS) is 1. The Morgan fingerprint density at radius 3 is 1.47 bits per heavy atom. The Kier molecular flexibility index (Phi) is 24.5. The van der Waals surface area contributed by atoms with Gasteiger partial charge in [-0.3, -0.25) is 9.59 Å². The molecule has 0 aliphatic carbocycles. The van der Waals surface area contributed by atoms with Crippen LogP contribution in [0, 0.1) is 0 Å². The number of aliphatic hydroxyl groups excluding tert-OH is 5. The van der Waals surface area contributed by atoms with Crippen molar-refractivity contribution < 1.29 is 63.9 Å². The Bertz CT molecular complexity index is 969. The molecule has 0 aromatic carbocycles. The van der Waals surface area contributed by atoms with Crippen LogP contribution >= 0.6 is 0 Å². The number of aliphatic hydroxyl groups is 5. The number of carboxylic acids is 1. The molecule has 0 spiro atoms. The van der Waals surface area contributed by atoms with Crippen LogP contribution in [0.15, 0.2) is 0 Å². The second-order valence-corrected chi connectivity index (χ2v) is 15.4. The zero-order chi connectivity index (χ0) is 39.2. The van der Waals surface area contributed by atoms with Gasteiger partial charge in [0.2, 0.25) is 0 Å². The lowest BCUT2D eigenvalue weighted by Crippen LogP contribution is -2.63. The number of hydrogen-bond acceptors (Lipinski definition) is 12. The molecule has 2 aliphatic heterocycles. The molecule has 2 rings (SSSR count). The SMILES string of the molecule is CCCCCCCCCCCC(CC(=O)O)OC(=O)CC(CCCCCCCCCCC)O[C@@H]1O[C@@H](C)[C@H](O)[C@@H](O)[C@H]1O[C@@H]1O[C@@H](C)[C@H](O)[C@@H](O)[C@H]1O. The van der Waals surface area contributed by atoms with Gasteiger partial charge in [-0.15, -0.1) is 0 Å². The molecule has 53 heavy (non-hydrogen) atoms. The van der Waals surface area contributed by atoms with Gasteiger partial charge < -0.3 is 54.3 Å². The summed E-state index contributed by atoms with van der Waals surface area (Å²) in [5.41, 5.74) is 0. The van der Waals surface area contributed by atoms with Crippen molar-refractivity contribution in [3.05, 3.63) is 0 Å². The van der Waals surface area contributed by atoms with Crippen LogP contribution < -0.4 is 0 Å². The van der Waals surface area contributed by atoms with E-state index in [4.69, 9.17) is 23.7 Å². The van der Waals surface area contributed by atoms with E-state index in [1.54, 1.807) is 6.92 Å². The van der Waals surface area contributed by atoms with E-state index in [-0.39, 0.29) is 12.8 Å². The molecule has 12 atom stereocenters. The molecule has 13 nitrogen and oxygen atoms in total. The number of esters is 1. The number of ether oxygens (including phenoxy) is 5. The molecule has 0 bridgehead atoms. The van der Waals surface area contributed by atoms with E-state index < -0.39 is 85.6 Å². The fraction of sp³-hybridized carbons (Fsp3) is 0.950. The highest BCUT2D eigenvalue weighted by Crippen LogP contribution is 2.31. The lowest BCUT2D eigenvalue weighted by Gasteiger charge is -2.46. The fourth-order valence-electron chi connectivity index (χ4n) is 7.13. The number of hydrogen-bond donors (Lipinski definition) is 6. The first kappa shape index (κ1) is 47.7. The molecule has 0 aromatic rings. The van der Waals surface area contributed by atoms with Crippen LogP contribution in [0.3, 0.4) is 0 Å². The summed E-state index contributed by atoms with van der Waals surface area (Å²) < 4.78 is 29.5. The van der Waals surface area contributed by atoms with Crippen LogP contribution in [0.1, 0.15) is 169 Å². The quantitative estimate of drug-likeness (QED) is 0.0403. The van der Waals surface area contributed by atoms with Crippen molar-refractivity contribution in [3.63, 3.8) is 0 Å². The summed E-state index contributed by atoms with van der Waals surface area (Å²) >= 11 is 0. The topological polar surface area (TPSA) is 202 Å². The van der Waals surface area contributed by atoms with Crippen molar-refractivity contribution >= 4 is 11.9 Å². The van der Waals surface area contributed by atoms with Crippen LogP contribution in [-0.2, 0) is 33.3 Å². The average Bonchev–Trinajstić information content (AvgIpc) is 3.11. The van der Waals surface area contributed by atoms with E-state index in [1.165, 1.54) is 71.1 Å². The van der Waals surface area contributed by atoms with E-state index in [1.807, 2.05) is 0 Å². The monoisotopic (exact) mass is 763 g/mol. The van der Waals surface area contributed by atoms with E-state index >= 15 is 0 Å². The fourth-order valence-corrected chi connectivity index (χ4v) is 7.13. The maximum atomic E-state index is 13.4. The van der Waals surface area contributed by atoms with E-state index in [0.29, 0.717) is 12.8 Å². The predicted molar refractivity (Wildman–Crippen MR) is 199 cm³/mol. The highest BCUT2D eigenvalue weighted by atomic mass is 16.8. The zero-order valence-corrected chi connectivity index (χ0v) is 33.0. The third-order valence-corrected chi connectivity index (χ3v) is 10.6. The van der Waals surface area contributed by atoms with Crippen LogP contribution in [0.5, 0.6) is 0 Å². The van der Waals surface area contributed by atoms with E-state index in [9.17, 15) is 40.2 Å². The van der Waals surface area contributed by atoms with Crippen molar-refractivity contribution in [2.45, 2.75) is 243 Å². The summed E-state index contributed by atoms with van der Waals surface area (Å²) in [6.45, 7) is 7.44. The summed E-state index contributed by atoms with van der Waals surface area (Å²) in [6, 6.07) is 0. The molecule has 312 valence electrons. The van der Waals surface area contributed by atoms with E-state index in [2.05, 4.69) is 13.8 Å². The second-order valence-electron chi connectivity index (χ2n) is 15.4. The molecule has 2 unspecified atom stereocenters. The first-order valence-electron chi connectivity index (χ1n) is 20.8. The number of carbonyl (C=O) groups is 2. The van der Waals surface area contributed by atoms with Gasteiger partial charge in [0, 0.05) is 0 Å². The summed E-state index contributed by atoms with van der Waals surface area (Å²) in [7, 11) is 0. The average molecular weight is 763 g/mol. The van der Waals surface area contributed by atoms with Crippen molar-refractivity contribution in [1.29, 1.82) is 0 Å². The van der Waals surface area contributed by atoms with Crippen LogP contribution in [-0.4, -0.2) is 116 Å². The molecule has 0 aromatic heterocycles. The third kappa shape index (κ3) is 18.4. The molecule has 2 heterocycles. The molecule has 2 saturated heterocycles. The minimum atomic E-state index is -1.67. The van der Waals surface area contributed by atoms with Crippen molar-refractivity contribution in [1.82, 2.24) is 0 Å². The van der Waals surface area contributed by atoms with Crippen molar-refractivity contribution in [2.24, 2.45) is 0 Å². The molecule has 6 N–H and O–H groups in total. The van der Waals surface area contributed by atoms with Gasteiger partial charge in [0.15, 0.2) is 12.6 Å². The Labute approximate surface area is 318 Å². The molecule has 0 radical (unpaired) electrons. The molecular formula is C40H74O13. The Morgan fingerprint density at radius 1 is 0.547 bits per heavy atom. The maximum Gasteiger partial charge on any atom is 0.308 e. The minimum Gasteiger partial charge on any atom is -0.481 e. The number of aliphatic carboxylic acids is 1. The first-order valence-corrected chi connectivity index (χ1v) is 20.8. The smallest absolute Gasteiger partial charge is 0.308 e. The first-order chi connectivity index (χ1) is 25.4. The van der Waals surface area contributed by atoms with Crippen molar-refractivity contribution in [2.75, 3.05) is 0 Å². The van der Waals surface area contributed by atoms with Gasteiger partial charge >= 0.3 is 11.9 Å². The molecule has 13 heteroatoms.